The van der Waals surface area contributed by atoms with E-state index in [1.165, 1.54) is 22.4 Å². The first kappa shape index (κ1) is 45.1. The number of aromatic hydroxyl groups is 1. The fourth-order valence-corrected chi connectivity index (χ4v) is 9.40. The van der Waals surface area contributed by atoms with Crippen LogP contribution in [0.3, 0.4) is 0 Å². The third-order valence-electron chi connectivity index (χ3n) is 13.0. The van der Waals surface area contributed by atoms with Crippen molar-refractivity contribution in [1.29, 1.82) is 5.26 Å². The summed E-state index contributed by atoms with van der Waals surface area (Å²) in [6.45, 7) is 13.5. The van der Waals surface area contributed by atoms with Crippen LogP contribution in [0.25, 0.3) is 67.2 Å². The Morgan fingerprint density at radius 2 is 1.25 bits per heavy atom. The molecular weight excluding hydrogens is 1000 g/mol. The summed E-state index contributed by atoms with van der Waals surface area (Å²) in [6, 6.07) is 58.2. The Hall–Kier alpha value is -7.12. The molecule has 0 amide bonds. The average molecular weight is 1050 g/mol. The molecule has 1 N–H and O–H groups in total. The summed E-state index contributed by atoms with van der Waals surface area (Å²) in [6.07, 6.45) is 10.8. The standard InChI is InChI=1S/C61H51N4O.Pt/c1-60(2,3)45-31-43(32-46(37-45)61(4,5)6)44-35-54(64-56(36-44)52-21-11-13-25-58(52)66)42-26-27-48(40-17-14-16-39(30-40)38-62)53(33-42)55-34-41(28-29-63-55)49-22-15-23-51-50-20-10-12-24-57(50)65(59(49)51)47-18-8-7-9-19-47;/h7-32,34-37,50,57,66H,1-6H3;/q-1;. The summed E-state index contributed by atoms with van der Waals surface area (Å²) in [5.74, 6) is 0.382. The maximum absolute atomic E-state index is 11.2. The first-order chi connectivity index (χ1) is 31.8. The van der Waals surface area contributed by atoms with Crippen LogP contribution < -0.4 is 4.90 Å². The molecule has 0 fully saturated rings. The van der Waals surface area contributed by atoms with Gasteiger partial charge in [0.1, 0.15) is 5.75 Å². The van der Waals surface area contributed by atoms with E-state index < -0.39 is 0 Å². The fourth-order valence-electron chi connectivity index (χ4n) is 9.40. The van der Waals surface area contributed by atoms with Gasteiger partial charge in [-0.3, -0.25) is 9.97 Å². The Labute approximate surface area is 409 Å². The number of pyridine rings is 2. The Kier molecular flexibility index (Phi) is 12.1. The molecule has 67 heavy (non-hydrogen) atoms. The van der Waals surface area contributed by atoms with Crippen LogP contribution in [-0.4, -0.2) is 21.1 Å². The molecule has 2 unspecified atom stereocenters. The van der Waals surface area contributed by atoms with Gasteiger partial charge in [-0.2, -0.15) is 5.26 Å². The summed E-state index contributed by atoms with van der Waals surface area (Å²) >= 11 is 0. The van der Waals surface area contributed by atoms with Gasteiger partial charge in [0.05, 0.1) is 29.1 Å². The molecule has 2 aromatic heterocycles. The van der Waals surface area contributed by atoms with Crippen molar-refractivity contribution in [3.8, 4) is 79.0 Å². The number of para-hydroxylation sites is 3. The molecule has 0 bridgehead atoms. The van der Waals surface area contributed by atoms with Gasteiger partial charge < -0.3 is 10.0 Å². The van der Waals surface area contributed by atoms with Gasteiger partial charge in [0.15, 0.2) is 0 Å². The predicted molar refractivity (Wildman–Crippen MR) is 271 cm³/mol. The first-order valence-electron chi connectivity index (χ1n) is 22.7. The molecule has 5 nitrogen and oxygen atoms in total. The van der Waals surface area contributed by atoms with Gasteiger partial charge in [-0.1, -0.05) is 179 Å². The van der Waals surface area contributed by atoms with Crippen molar-refractivity contribution in [2.24, 2.45) is 0 Å². The summed E-state index contributed by atoms with van der Waals surface area (Å²) in [7, 11) is 0. The zero-order valence-corrected chi connectivity index (χ0v) is 40.8. The Balaban J connectivity index is 0.00000562. The number of hydrogen-bond acceptors (Lipinski definition) is 5. The molecule has 2 aliphatic rings. The van der Waals surface area contributed by atoms with Crippen molar-refractivity contribution >= 4 is 11.4 Å². The summed E-state index contributed by atoms with van der Waals surface area (Å²) in [4.78, 5) is 12.8. The topological polar surface area (TPSA) is 73.0 Å². The molecule has 1 aliphatic heterocycles. The third kappa shape index (κ3) is 8.71. The van der Waals surface area contributed by atoms with E-state index in [2.05, 4.69) is 186 Å². The fraction of sp³-hybridized carbons (Fsp3) is 0.164. The molecular formula is C61H51N4OPt-. The summed E-state index contributed by atoms with van der Waals surface area (Å²) in [5, 5.41) is 21.2. The maximum Gasteiger partial charge on any atom is 0.124 e. The van der Waals surface area contributed by atoms with Gasteiger partial charge in [0.2, 0.25) is 0 Å². The number of hydrogen-bond donors (Lipinski definition) is 1. The van der Waals surface area contributed by atoms with E-state index in [1.807, 2.05) is 48.7 Å². The minimum Gasteiger partial charge on any atom is -0.507 e. The maximum atomic E-state index is 11.2. The number of allylic oxidation sites excluding steroid dienone is 2. The number of nitriles is 1. The van der Waals surface area contributed by atoms with Crippen molar-refractivity contribution in [2.45, 2.75) is 64.3 Å². The number of anilines is 2. The molecule has 332 valence electrons. The smallest absolute Gasteiger partial charge is 0.124 e. The molecule has 2 atom stereocenters. The van der Waals surface area contributed by atoms with E-state index in [0.29, 0.717) is 22.5 Å². The molecule has 0 radical (unpaired) electrons. The second kappa shape index (κ2) is 17.9. The van der Waals surface area contributed by atoms with Crippen LogP contribution in [-0.2, 0) is 31.9 Å². The van der Waals surface area contributed by atoms with Crippen molar-refractivity contribution in [3.63, 3.8) is 0 Å². The average Bonchev–Trinajstić information content (AvgIpc) is 3.68. The number of aromatic nitrogens is 2. The normalized spacial score (nSPS) is 15.1. The van der Waals surface area contributed by atoms with Crippen LogP contribution in [0.5, 0.6) is 5.75 Å². The van der Waals surface area contributed by atoms with Gasteiger partial charge in [-0.25, -0.2) is 0 Å². The van der Waals surface area contributed by atoms with Gasteiger partial charge in [-0.15, -0.1) is 18.2 Å². The van der Waals surface area contributed by atoms with Crippen molar-refractivity contribution in [1.82, 2.24) is 9.97 Å². The Morgan fingerprint density at radius 3 is 2.00 bits per heavy atom. The largest absolute Gasteiger partial charge is 0.507 e. The number of fused-ring (bicyclic) bond motifs is 3. The Morgan fingerprint density at radius 1 is 0.597 bits per heavy atom. The van der Waals surface area contributed by atoms with Crippen LogP contribution in [0.15, 0.2) is 182 Å². The molecule has 0 saturated heterocycles. The minimum atomic E-state index is -0.0821. The van der Waals surface area contributed by atoms with E-state index in [9.17, 15) is 10.4 Å². The van der Waals surface area contributed by atoms with E-state index in [0.717, 1.165) is 55.9 Å². The van der Waals surface area contributed by atoms with Crippen LogP contribution in [0.4, 0.5) is 11.4 Å². The van der Waals surface area contributed by atoms with Gasteiger partial charge >= 0.3 is 0 Å². The number of nitrogens with zero attached hydrogens (tertiary/aromatic N) is 4. The monoisotopic (exact) mass is 1050 g/mol. The van der Waals surface area contributed by atoms with Crippen molar-refractivity contribution in [3.05, 3.63) is 210 Å². The summed E-state index contributed by atoms with van der Waals surface area (Å²) in [5.41, 5.74) is 16.9. The van der Waals surface area contributed by atoms with E-state index >= 15 is 0 Å². The van der Waals surface area contributed by atoms with Crippen molar-refractivity contribution in [2.75, 3.05) is 4.90 Å². The third-order valence-corrected chi connectivity index (χ3v) is 13.0. The SMILES string of the molecule is CC(C)(C)c1cc(-c2cc(-c3[c-]c(-c4cc(-c5cccc6c5N(c5ccccc5)C5C=CC=CC65)ccn4)c(-c4cccc(C#N)c4)cc3)nc(-c3ccccc3O)c2)cc(C(C)(C)C)c1.[Pt]. The molecule has 10 rings (SSSR count). The van der Waals surface area contributed by atoms with Crippen molar-refractivity contribution < 1.29 is 26.2 Å². The van der Waals surface area contributed by atoms with Gasteiger partial charge in [0.25, 0.3) is 0 Å². The zero-order chi connectivity index (χ0) is 45.7. The molecule has 8 aromatic rings. The molecule has 0 spiro atoms. The van der Waals surface area contributed by atoms with Gasteiger partial charge in [0, 0.05) is 61.4 Å². The van der Waals surface area contributed by atoms with Gasteiger partial charge in [-0.05, 0) is 92.7 Å². The molecule has 6 heteroatoms. The Bertz CT molecular complexity index is 3240. The molecule has 1 aliphatic carbocycles. The number of rotatable bonds is 7. The quantitative estimate of drug-likeness (QED) is 0.161. The van der Waals surface area contributed by atoms with Crippen LogP contribution >= 0.6 is 0 Å². The van der Waals surface area contributed by atoms with Crippen LogP contribution in [0.1, 0.15) is 69.7 Å². The van der Waals surface area contributed by atoms with Crippen LogP contribution in [0.2, 0.25) is 0 Å². The molecule has 3 heterocycles. The van der Waals surface area contributed by atoms with E-state index in [1.54, 1.807) is 6.07 Å². The second-order valence-corrected chi connectivity index (χ2v) is 19.5. The van der Waals surface area contributed by atoms with E-state index in [-0.39, 0.29) is 49.6 Å². The number of benzene rings is 6. The van der Waals surface area contributed by atoms with Crippen LogP contribution in [0, 0.1) is 17.4 Å². The number of phenolic OH excluding ortho intramolecular Hbond substituents is 1. The first-order valence-corrected chi connectivity index (χ1v) is 22.7. The predicted octanol–water partition coefficient (Wildman–Crippen LogP) is 15.2. The second-order valence-electron chi connectivity index (χ2n) is 19.5. The molecule has 6 aromatic carbocycles. The summed E-state index contributed by atoms with van der Waals surface area (Å²) < 4.78 is 0. The van der Waals surface area contributed by atoms with E-state index in [4.69, 9.17) is 9.97 Å². The molecule has 0 saturated carbocycles. The minimum absolute atomic E-state index is 0. The zero-order valence-electron chi connectivity index (χ0n) is 38.5. The number of phenols is 1.